The first kappa shape index (κ1) is 26.8. The second-order valence-corrected chi connectivity index (χ2v) is 10.9. The van der Waals surface area contributed by atoms with Gasteiger partial charge in [-0.1, -0.05) is 24.8 Å². The lowest BCUT2D eigenvalue weighted by Gasteiger charge is -2.47. The summed E-state index contributed by atoms with van der Waals surface area (Å²) in [5.41, 5.74) is 7.37. The second kappa shape index (κ2) is 11.0. The first-order valence-corrected chi connectivity index (χ1v) is 13.5. The molecular formula is C25H32N5O6P. The number of aromatic nitrogens is 3. The number of benzene rings is 1. The summed E-state index contributed by atoms with van der Waals surface area (Å²) in [5.74, 6) is -0.517. The monoisotopic (exact) mass is 529 g/mol. The molecule has 1 aromatic carbocycles. The molecule has 12 heteroatoms. The average Bonchev–Trinajstić information content (AvgIpc) is 3.27. The van der Waals surface area contributed by atoms with Crippen LogP contribution in [0.15, 0.2) is 61.1 Å². The second-order valence-electron chi connectivity index (χ2n) is 9.23. The first-order valence-electron chi connectivity index (χ1n) is 12.0. The minimum atomic E-state index is -4.03. The summed E-state index contributed by atoms with van der Waals surface area (Å²) in [6, 6.07) is 9.12. The minimum absolute atomic E-state index is 0.0556. The quantitative estimate of drug-likeness (QED) is 0.191. The van der Waals surface area contributed by atoms with Crippen molar-refractivity contribution in [3.8, 4) is 5.75 Å². The van der Waals surface area contributed by atoms with Gasteiger partial charge in [0.2, 0.25) is 0 Å². The van der Waals surface area contributed by atoms with E-state index in [0.29, 0.717) is 22.6 Å². The molecule has 0 bridgehead atoms. The first-order chi connectivity index (χ1) is 17.6. The van der Waals surface area contributed by atoms with Gasteiger partial charge < -0.3 is 24.7 Å². The number of hydrogen-bond donors (Lipinski definition) is 3. The van der Waals surface area contributed by atoms with Crippen LogP contribution in [0, 0.1) is 11.8 Å². The number of aliphatic hydroxyl groups excluding tert-OH is 1. The fourth-order valence-electron chi connectivity index (χ4n) is 4.44. The van der Waals surface area contributed by atoms with Crippen molar-refractivity contribution in [3.05, 3.63) is 61.1 Å². The molecule has 2 aromatic heterocycles. The number of nitrogens with zero attached hydrogens (tertiary/aromatic N) is 3. The Kier molecular flexibility index (Phi) is 7.99. The molecular weight excluding hydrogens is 497 g/mol. The summed E-state index contributed by atoms with van der Waals surface area (Å²) >= 11 is 0. The van der Waals surface area contributed by atoms with Crippen LogP contribution in [0.25, 0.3) is 11.0 Å². The van der Waals surface area contributed by atoms with Gasteiger partial charge in [-0.25, -0.2) is 14.5 Å². The van der Waals surface area contributed by atoms with Crippen molar-refractivity contribution in [3.63, 3.8) is 0 Å². The molecule has 37 heavy (non-hydrogen) atoms. The third-order valence-electron chi connectivity index (χ3n) is 6.28. The highest BCUT2D eigenvalue weighted by Crippen LogP contribution is 2.52. The molecule has 2 heterocycles. The Morgan fingerprint density at radius 3 is 2.65 bits per heavy atom. The predicted octanol–water partition coefficient (Wildman–Crippen LogP) is 3.48. The van der Waals surface area contributed by atoms with E-state index in [9.17, 15) is 14.5 Å². The maximum Gasteiger partial charge on any atom is 0.459 e. The maximum absolute atomic E-state index is 13.8. The van der Waals surface area contributed by atoms with Crippen LogP contribution in [-0.2, 0) is 18.6 Å². The molecule has 5 atom stereocenters. The molecule has 11 nitrogen and oxygen atoms in total. The molecule has 0 aliphatic heterocycles. The summed E-state index contributed by atoms with van der Waals surface area (Å²) in [7, 11) is -4.03. The van der Waals surface area contributed by atoms with Crippen LogP contribution in [0.4, 0.5) is 5.82 Å². The van der Waals surface area contributed by atoms with Crippen molar-refractivity contribution in [2.75, 3.05) is 18.9 Å². The van der Waals surface area contributed by atoms with E-state index in [0.717, 1.165) is 5.57 Å². The Morgan fingerprint density at radius 1 is 1.24 bits per heavy atom. The minimum Gasteiger partial charge on any atom is -0.462 e. The lowest BCUT2D eigenvalue weighted by atomic mass is 9.66. The van der Waals surface area contributed by atoms with Crippen molar-refractivity contribution in [1.82, 2.24) is 19.6 Å². The van der Waals surface area contributed by atoms with Crippen molar-refractivity contribution < 1.29 is 28.3 Å². The summed E-state index contributed by atoms with van der Waals surface area (Å²) in [6.45, 7) is 8.96. The number of nitrogens with one attached hydrogen (secondary N) is 1. The normalized spacial score (nSPS) is 21.9. The molecule has 0 saturated heterocycles. The van der Waals surface area contributed by atoms with Crippen LogP contribution >= 0.6 is 7.75 Å². The highest BCUT2D eigenvalue weighted by molar-refractivity contribution is 7.52. The highest BCUT2D eigenvalue weighted by atomic mass is 31.2. The number of nitrogens with two attached hydrogens (primary N) is 1. The standard InChI is InChI=1S/C25H32N5O6P/c1-15(2)35-25(32)17(4)29-37(33,36-18-8-6-5-7-9-18)34-13-21-16(3)22(20(21)12-31)30-11-10-19-23(26)27-14-28-24(19)30/h5-11,14-15,17,20-22,31H,3,12-13H2,1-2,4H3,(H,29,33)(H2,26,27,28)/t17-,20+,21-,22+,37?/m0/s1. The smallest absolute Gasteiger partial charge is 0.459 e. The van der Waals surface area contributed by atoms with Crippen molar-refractivity contribution in [2.24, 2.45) is 11.8 Å². The summed E-state index contributed by atoms with van der Waals surface area (Å²) in [6.07, 6.45) is 2.88. The lowest BCUT2D eigenvalue weighted by Crippen LogP contribution is -2.45. The number of fused-ring (bicyclic) bond motifs is 1. The Balaban J connectivity index is 1.51. The van der Waals surface area contributed by atoms with Crippen LogP contribution in [0.5, 0.6) is 5.75 Å². The fourth-order valence-corrected chi connectivity index (χ4v) is 5.96. The van der Waals surface area contributed by atoms with E-state index in [1.807, 2.05) is 16.8 Å². The van der Waals surface area contributed by atoms with E-state index in [-0.39, 0.29) is 37.2 Å². The van der Waals surface area contributed by atoms with Gasteiger partial charge >= 0.3 is 13.7 Å². The average molecular weight is 530 g/mol. The van der Waals surface area contributed by atoms with E-state index in [1.54, 1.807) is 44.2 Å². The number of hydrogen-bond acceptors (Lipinski definition) is 9. The Bertz CT molecular complexity index is 1310. The highest BCUT2D eigenvalue weighted by Gasteiger charge is 2.47. The van der Waals surface area contributed by atoms with Crippen LogP contribution in [0.3, 0.4) is 0 Å². The largest absolute Gasteiger partial charge is 0.462 e. The summed E-state index contributed by atoms with van der Waals surface area (Å²) in [4.78, 5) is 20.7. The van der Waals surface area contributed by atoms with Gasteiger partial charge in [-0.3, -0.25) is 9.32 Å². The van der Waals surface area contributed by atoms with Gasteiger partial charge in [-0.2, -0.15) is 5.09 Å². The molecule has 198 valence electrons. The van der Waals surface area contributed by atoms with Gasteiger partial charge in [-0.15, -0.1) is 0 Å². The predicted molar refractivity (Wildman–Crippen MR) is 139 cm³/mol. The number of carbonyl (C=O) groups excluding carboxylic acids is 1. The molecule has 0 radical (unpaired) electrons. The number of rotatable bonds is 11. The van der Waals surface area contributed by atoms with Crippen LogP contribution in [-0.4, -0.2) is 51.0 Å². The molecule has 1 saturated carbocycles. The molecule has 1 fully saturated rings. The number of ether oxygens (including phenoxy) is 1. The van der Waals surface area contributed by atoms with Crippen LogP contribution in [0.1, 0.15) is 26.8 Å². The van der Waals surface area contributed by atoms with Gasteiger partial charge in [0.15, 0.2) is 0 Å². The fraction of sp³-hybridized carbons (Fsp3) is 0.400. The Hall–Kier alpha value is -3.24. The Morgan fingerprint density at radius 2 is 1.97 bits per heavy atom. The van der Waals surface area contributed by atoms with E-state index in [2.05, 4.69) is 21.6 Å². The van der Waals surface area contributed by atoms with Crippen molar-refractivity contribution in [2.45, 2.75) is 39.0 Å². The van der Waals surface area contributed by atoms with Crippen LogP contribution in [0.2, 0.25) is 0 Å². The van der Waals surface area contributed by atoms with E-state index < -0.39 is 19.8 Å². The van der Waals surface area contributed by atoms with E-state index in [4.69, 9.17) is 19.5 Å². The number of anilines is 1. The zero-order chi connectivity index (χ0) is 26.7. The zero-order valence-corrected chi connectivity index (χ0v) is 21.9. The van der Waals surface area contributed by atoms with E-state index >= 15 is 0 Å². The SMILES string of the molecule is C=C1[C@@H](n2ccc3c(N)ncnc32)[C@H](CO)[C@H]1COP(=O)(N[C@@H](C)C(=O)OC(C)C)Oc1ccccc1. The summed E-state index contributed by atoms with van der Waals surface area (Å²) < 4.78 is 32.4. The van der Waals surface area contributed by atoms with Gasteiger partial charge in [0.25, 0.3) is 0 Å². The molecule has 0 spiro atoms. The number of carbonyl (C=O) groups is 1. The third kappa shape index (κ3) is 5.70. The topological polar surface area (TPSA) is 151 Å². The molecule has 4 rings (SSSR count). The van der Waals surface area contributed by atoms with Gasteiger partial charge in [0.1, 0.15) is 29.6 Å². The molecule has 1 aliphatic rings. The van der Waals surface area contributed by atoms with Gasteiger partial charge in [0, 0.05) is 24.6 Å². The van der Waals surface area contributed by atoms with Gasteiger partial charge in [-0.05, 0) is 44.5 Å². The molecule has 3 aromatic rings. The van der Waals surface area contributed by atoms with E-state index in [1.165, 1.54) is 13.3 Å². The summed E-state index contributed by atoms with van der Waals surface area (Å²) in [5, 5.41) is 13.6. The Labute approximate surface area is 215 Å². The van der Waals surface area contributed by atoms with Crippen molar-refractivity contribution >= 4 is 30.6 Å². The lowest BCUT2D eigenvalue weighted by molar-refractivity contribution is -0.149. The van der Waals surface area contributed by atoms with Gasteiger partial charge in [0.05, 0.1) is 24.1 Å². The number of para-hydroxylation sites is 1. The van der Waals surface area contributed by atoms with Crippen molar-refractivity contribution in [1.29, 1.82) is 0 Å². The number of esters is 1. The number of nitrogen functional groups attached to an aromatic ring is 1. The molecule has 0 amide bonds. The molecule has 4 N–H and O–H groups in total. The molecule has 1 unspecified atom stereocenters. The molecule has 1 aliphatic carbocycles. The van der Waals surface area contributed by atoms with Crippen LogP contribution < -0.4 is 15.3 Å². The zero-order valence-electron chi connectivity index (χ0n) is 21.0. The number of aliphatic hydroxyl groups is 1. The third-order valence-corrected chi connectivity index (χ3v) is 7.92. The maximum atomic E-state index is 13.8.